The quantitative estimate of drug-likeness (QED) is 0.0187. The number of nitrogens with one attached hydrogen (secondary N) is 4. The molecule has 0 aliphatic rings. The molecule has 0 aromatic carbocycles. The molecule has 0 fully saturated rings. The Labute approximate surface area is 741 Å². The van der Waals surface area contributed by atoms with E-state index in [2.05, 4.69) is 21.3 Å². The van der Waals surface area contributed by atoms with Crippen LogP contribution in [0.2, 0.25) is 0 Å². The zero-order valence-corrected chi connectivity index (χ0v) is 78.4. The number of hydrogen-bond acceptors (Lipinski definition) is 25. The Morgan fingerprint density at radius 1 is 0.279 bits per heavy atom. The molecule has 0 saturated heterocycles. The fourth-order valence-corrected chi connectivity index (χ4v) is 11.7. The van der Waals surface area contributed by atoms with E-state index >= 15 is 0 Å². The van der Waals surface area contributed by atoms with Gasteiger partial charge in [0.25, 0.3) is 0 Å². The Morgan fingerprint density at radius 3 is 0.795 bits per heavy atom. The van der Waals surface area contributed by atoms with Gasteiger partial charge in [0, 0.05) is 84.8 Å². The first-order valence-corrected chi connectivity index (χ1v) is 44.8. The van der Waals surface area contributed by atoms with Gasteiger partial charge in [0.15, 0.2) is 5.78 Å². The minimum absolute atomic E-state index is 0. The predicted octanol–water partition coefficient (Wildman–Crippen LogP) is 14.4. The Kier molecular flexibility index (Phi) is 85.3. The number of hydrogen-bond donors (Lipinski definition) is 6. The van der Waals surface area contributed by atoms with Crippen molar-refractivity contribution in [3.8, 4) is 0 Å². The lowest BCUT2D eigenvalue weighted by molar-refractivity contribution is -0.159. The van der Waals surface area contributed by atoms with Gasteiger partial charge in [-0.25, -0.2) is 14.4 Å². The van der Waals surface area contributed by atoms with E-state index in [1.54, 1.807) is 41.5 Å². The summed E-state index contributed by atoms with van der Waals surface area (Å²) in [7, 11) is 1.00. The number of ether oxygens (including phenoxy) is 12. The van der Waals surface area contributed by atoms with Gasteiger partial charge in [-0.15, -0.1) is 0 Å². The number of Topliss-reactive ketones (excluding diaryl/α,β-unsaturated/α-hetero) is 3. The number of carbonyl (C=O) groups is 12. The number of aliphatic hydroxyl groups excluding tert-OH is 1. The minimum atomic E-state index is -1.05. The molecule has 6 N–H and O–H groups in total. The first-order chi connectivity index (χ1) is 57.0. The van der Waals surface area contributed by atoms with Crippen LogP contribution in [0.3, 0.4) is 0 Å². The molecule has 0 spiro atoms. The van der Waals surface area contributed by atoms with Crippen molar-refractivity contribution in [2.45, 2.75) is 389 Å². The normalized spacial score (nSPS) is 11.8. The van der Waals surface area contributed by atoms with Crippen LogP contribution < -0.4 is 21.3 Å². The SMILES string of the molecule is C.CC(=O)COCCOCCNC(=O)COCCOCCCC(=O)CC[C@H](NC(=O)CCCCCCCCCCCCCCCCC(=O)OC(C)(C)C)C(=O)OC(C)(C)C.CC(C)(C)OC(=O)CCCCCCCCCCCCCCCCC(=O)N[C@@H](CCC(=O)CCCOCCOCC(=O)NCCOCCOCC(=O)O)C(=O)OC(C)(C)C.CO.S. The van der Waals surface area contributed by atoms with Crippen LogP contribution in [0.4, 0.5) is 0 Å². The Bertz CT molecular complexity index is 2490. The van der Waals surface area contributed by atoms with Crippen molar-refractivity contribution in [1.29, 1.82) is 0 Å². The molecule has 0 heterocycles. The molecule has 30 nitrogen and oxygen atoms in total. The maximum Gasteiger partial charge on any atom is 0.329 e. The van der Waals surface area contributed by atoms with E-state index in [0.717, 1.165) is 84.2 Å². The summed E-state index contributed by atoms with van der Waals surface area (Å²) in [6.45, 7) is 26.8. The Hall–Kier alpha value is -5.77. The topological polar surface area (TPSA) is 404 Å². The molecule has 0 aromatic rings. The predicted molar refractivity (Wildman–Crippen MR) is 478 cm³/mol. The average Bonchev–Trinajstić information content (AvgIpc) is 0.891. The molecular formula is C91H172N4O26S. The van der Waals surface area contributed by atoms with Gasteiger partial charge in [-0.2, -0.15) is 13.5 Å². The van der Waals surface area contributed by atoms with Crippen LogP contribution in [0, 0.1) is 0 Å². The smallest absolute Gasteiger partial charge is 0.329 e. The second-order valence-electron chi connectivity index (χ2n) is 34.2. The maximum atomic E-state index is 12.9. The van der Waals surface area contributed by atoms with Crippen LogP contribution in [-0.4, -0.2) is 241 Å². The van der Waals surface area contributed by atoms with E-state index in [4.69, 9.17) is 67.1 Å². The number of carbonyl (C=O) groups excluding carboxylic acids is 11. The zero-order chi connectivity index (χ0) is 90.4. The van der Waals surface area contributed by atoms with Crippen molar-refractivity contribution in [3.05, 3.63) is 0 Å². The van der Waals surface area contributed by atoms with Gasteiger partial charge in [0.05, 0.1) is 66.1 Å². The van der Waals surface area contributed by atoms with Crippen molar-refractivity contribution < 1.29 is 125 Å². The van der Waals surface area contributed by atoms with Gasteiger partial charge in [0.2, 0.25) is 23.6 Å². The maximum absolute atomic E-state index is 12.9. The molecule has 4 amide bonds. The van der Waals surface area contributed by atoms with Crippen LogP contribution in [0.25, 0.3) is 0 Å². The summed E-state index contributed by atoms with van der Waals surface area (Å²) in [5, 5.41) is 26.4. The van der Waals surface area contributed by atoms with Gasteiger partial charge < -0.3 is 88.3 Å². The fraction of sp³-hybridized carbons (Fsp3) is 0.868. The highest BCUT2D eigenvalue weighted by molar-refractivity contribution is 7.59. The number of ketones is 3. The highest BCUT2D eigenvalue weighted by atomic mass is 32.1. The third-order valence-corrected chi connectivity index (χ3v) is 17.5. The van der Waals surface area contributed by atoms with Crippen molar-refractivity contribution in [2.24, 2.45) is 0 Å². The van der Waals surface area contributed by atoms with Gasteiger partial charge in [-0.1, -0.05) is 162 Å². The lowest BCUT2D eigenvalue weighted by Crippen LogP contribution is -2.44. The van der Waals surface area contributed by atoms with Crippen molar-refractivity contribution >= 4 is 84.3 Å². The lowest BCUT2D eigenvalue weighted by atomic mass is 10.0. The zero-order valence-electron chi connectivity index (χ0n) is 77.4. The monoisotopic (exact) mass is 1770 g/mol. The molecule has 0 aliphatic carbocycles. The number of esters is 4. The number of aliphatic carboxylic acids is 1. The summed E-state index contributed by atoms with van der Waals surface area (Å²) < 4.78 is 63.8. The van der Waals surface area contributed by atoms with E-state index in [0.29, 0.717) is 78.1 Å². The number of amides is 4. The molecule has 0 aromatic heterocycles. The molecule has 2 atom stereocenters. The molecule has 31 heteroatoms. The first kappa shape index (κ1) is 125. The van der Waals surface area contributed by atoms with Crippen LogP contribution in [0.15, 0.2) is 0 Å². The van der Waals surface area contributed by atoms with Crippen LogP contribution in [-0.2, 0) is 114 Å². The van der Waals surface area contributed by atoms with E-state index in [9.17, 15) is 57.5 Å². The number of unbranched alkanes of at least 4 members (excludes halogenated alkanes) is 26. The summed E-state index contributed by atoms with van der Waals surface area (Å²) >= 11 is 0. The molecule has 122 heavy (non-hydrogen) atoms. The van der Waals surface area contributed by atoms with Gasteiger partial charge in [-0.3, -0.25) is 43.2 Å². The first-order valence-electron chi connectivity index (χ1n) is 44.8. The number of rotatable bonds is 78. The highest BCUT2D eigenvalue weighted by Crippen LogP contribution is 2.20. The van der Waals surface area contributed by atoms with E-state index < -0.39 is 52.4 Å². The summed E-state index contributed by atoms with van der Waals surface area (Å²) in [4.78, 5) is 145. The van der Waals surface area contributed by atoms with Crippen molar-refractivity contribution in [1.82, 2.24) is 21.3 Å². The van der Waals surface area contributed by atoms with Crippen LogP contribution in [0.5, 0.6) is 0 Å². The van der Waals surface area contributed by atoms with Gasteiger partial charge in [0.1, 0.15) is 72.5 Å². The summed E-state index contributed by atoms with van der Waals surface area (Å²) in [6.07, 6.45) is 35.4. The summed E-state index contributed by atoms with van der Waals surface area (Å²) in [5.74, 6) is -3.43. The molecule has 0 bridgehead atoms. The molecular weight excluding hydrogens is 1600 g/mol. The largest absolute Gasteiger partial charge is 0.480 e. The molecule has 0 saturated carbocycles. The molecule has 0 unspecified atom stereocenters. The highest BCUT2D eigenvalue weighted by Gasteiger charge is 2.29. The van der Waals surface area contributed by atoms with Gasteiger partial charge >= 0.3 is 29.8 Å². The molecule has 0 radical (unpaired) electrons. The third-order valence-electron chi connectivity index (χ3n) is 17.5. The number of carboxylic acid groups (broad SMARTS) is 1. The van der Waals surface area contributed by atoms with Crippen molar-refractivity contribution in [2.75, 3.05) is 126 Å². The third kappa shape index (κ3) is 98.0. The van der Waals surface area contributed by atoms with Crippen molar-refractivity contribution in [3.63, 3.8) is 0 Å². The summed E-state index contributed by atoms with van der Waals surface area (Å²) in [5.41, 5.74) is -2.25. The Morgan fingerprint density at radius 2 is 0.525 bits per heavy atom. The lowest BCUT2D eigenvalue weighted by Gasteiger charge is -2.24. The van der Waals surface area contributed by atoms with Crippen LogP contribution in [0.1, 0.15) is 354 Å². The fourth-order valence-electron chi connectivity index (χ4n) is 11.7. The molecule has 0 rings (SSSR count). The second-order valence-corrected chi connectivity index (χ2v) is 34.2. The summed E-state index contributed by atoms with van der Waals surface area (Å²) in [6, 6.07) is -1.77. The average molecular weight is 1770 g/mol. The molecule has 0 aliphatic heterocycles. The van der Waals surface area contributed by atoms with E-state index in [1.165, 1.54) is 110 Å². The number of carboxylic acids is 1. The van der Waals surface area contributed by atoms with E-state index in [-0.39, 0.29) is 192 Å². The standard InChI is InChI=1S/C45H82N2O12.C44H80N2O13.CH4O.CH4.H2S/c1-37(48)35-56-33-32-55-30-28-46-41(51)36-57-34-31-54-29-22-23-38(49)26-27-39(43(53)59-45(5,6)7)47-40(50)24-20-18-16-14-12-10-8-9-11-13-15-17-19-21-25-42(52)58-44(2,3)4;1-43(2,3)58-41(52)24-20-18-16-14-12-10-8-7-9-11-13-15-17-19-23-38(48)46-37(42(53)59-44(4,5)6)26-25-36(47)22-21-28-54-30-32-56-34-39(49)45-27-29-55-31-33-57-35-40(50)51;1-2;;/h39H,8-36H2,1-7H3,(H,46,51)(H,47,50);37H,7-35H2,1-6H3,(H,45,49)(H,46,48)(H,50,51);2H,1H3;1H4;1H2/t39-;37-;;;/m00.../s1. The Balaban J connectivity index is -0.000000721. The number of aliphatic hydroxyl groups is 1. The molecule has 718 valence electrons. The second kappa shape index (κ2) is 83.5. The minimum Gasteiger partial charge on any atom is -0.480 e. The van der Waals surface area contributed by atoms with Gasteiger partial charge in [-0.05, 0) is 141 Å². The van der Waals surface area contributed by atoms with Crippen LogP contribution >= 0.6 is 13.5 Å². The van der Waals surface area contributed by atoms with E-state index in [1.807, 2.05) is 41.5 Å².